The highest BCUT2D eigenvalue weighted by Gasteiger charge is 2.10. The van der Waals surface area contributed by atoms with Crippen molar-refractivity contribution in [3.63, 3.8) is 0 Å². The van der Waals surface area contributed by atoms with Crippen molar-refractivity contribution in [2.75, 3.05) is 27.2 Å². The predicted octanol–water partition coefficient (Wildman–Crippen LogP) is 3.21. The first-order chi connectivity index (χ1) is 8.67. The maximum Gasteiger partial charge on any atom is 0.123 e. The monoisotopic (exact) mass is 252 g/mol. The standard InChI is InChI=1S/C15H25FN2/c1-4-5-10-18(3)11-9-15(17-2)13-7-6-8-14(16)12-13/h6-8,12,15,17H,4-5,9-11H2,1-3H3. The van der Waals surface area contributed by atoms with Crippen LogP contribution in [0.4, 0.5) is 4.39 Å². The lowest BCUT2D eigenvalue weighted by molar-refractivity contribution is 0.306. The molecule has 102 valence electrons. The van der Waals surface area contributed by atoms with Gasteiger partial charge in [-0.15, -0.1) is 0 Å². The van der Waals surface area contributed by atoms with E-state index in [2.05, 4.69) is 24.2 Å². The van der Waals surface area contributed by atoms with Gasteiger partial charge >= 0.3 is 0 Å². The molecule has 0 bridgehead atoms. The second-order valence-electron chi connectivity index (χ2n) is 4.84. The van der Waals surface area contributed by atoms with E-state index >= 15 is 0 Å². The average molecular weight is 252 g/mol. The lowest BCUT2D eigenvalue weighted by Gasteiger charge is -2.21. The van der Waals surface area contributed by atoms with Gasteiger partial charge in [-0.2, -0.15) is 0 Å². The Bertz CT molecular complexity index is 341. The number of unbranched alkanes of at least 4 members (excludes halogenated alkanes) is 1. The Morgan fingerprint density at radius 2 is 2.11 bits per heavy atom. The third-order valence-corrected chi connectivity index (χ3v) is 3.29. The molecule has 0 aliphatic rings. The van der Waals surface area contributed by atoms with Crippen molar-refractivity contribution in [1.29, 1.82) is 0 Å². The Labute approximate surface area is 110 Å². The van der Waals surface area contributed by atoms with Gasteiger partial charge in [-0.1, -0.05) is 25.5 Å². The van der Waals surface area contributed by atoms with Crippen molar-refractivity contribution in [2.24, 2.45) is 0 Å². The van der Waals surface area contributed by atoms with E-state index in [1.54, 1.807) is 12.1 Å². The van der Waals surface area contributed by atoms with Crippen molar-refractivity contribution < 1.29 is 4.39 Å². The molecule has 1 atom stereocenters. The number of benzene rings is 1. The molecule has 0 aromatic heterocycles. The minimum absolute atomic E-state index is 0.160. The molecule has 18 heavy (non-hydrogen) atoms. The van der Waals surface area contributed by atoms with E-state index in [1.165, 1.54) is 18.9 Å². The summed E-state index contributed by atoms with van der Waals surface area (Å²) in [5, 5.41) is 3.26. The van der Waals surface area contributed by atoms with E-state index < -0.39 is 0 Å². The molecule has 1 aromatic carbocycles. The second-order valence-corrected chi connectivity index (χ2v) is 4.84. The molecule has 1 unspecified atom stereocenters. The lowest BCUT2D eigenvalue weighted by Crippen LogP contribution is -2.26. The first kappa shape index (κ1) is 15.1. The van der Waals surface area contributed by atoms with Gasteiger partial charge in [0.15, 0.2) is 0 Å². The number of hydrogen-bond acceptors (Lipinski definition) is 2. The maximum atomic E-state index is 13.2. The molecule has 0 saturated carbocycles. The number of nitrogens with zero attached hydrogens (tertiary/aromatic N) is 1. The van der Waals surface area contributed by atoms with Gasteiger partial charge in [0.1, 0.15) is 5.82 Å². The van der Waals surface area contributed by atoms with E-state index in [-0.39, 0.29) is 11.9 Å². The van der Waals surface area contributed by atoms with Crippen LogP contribution in [0.5, 0.6) is 0 Å². The molecule has 0 aliphatic heterocycles. The van der Waals surface area contributed by atoms with E-state index in [4.69, 9.17) is 0 Å². The average Bonchev–Trinajstić information content (AvgIpc) is 2.37. The molecule has 0 heterocycles. The van der Waals surface area contributed by atoms with Gasteiger partial charge in [-0.05, 0) is 57.7 Å². The molecule has 2 nitrogen and oxygen atoms in total. The van der Waals surface area contributed by atoms with Crippen LogP contribution in [0.2, 0.25) is 0 Å². The number of nitrogens with one attached hydrogen (secondary N) is 1. The summed E-state index contributed by atoms with van der Waals surface area (Å²) < 4.78 is 13.2. The van der Waals surface area contributed by atoms with Crippen molar-refractivity contribution in [1.82, 2.24) is 10.2 Å². The Balaban J connectivity index is 2.47. The third-order valence-electron chi connectivity index (χ3n) is 3.29. The van der Waals surface area contributed by atoms with Crippen LogP contribution in [0, 0.1) is 5.82 Å². The summed E-state index contributed by atoms with van der Waals surface area (Å²) in [6.07, 6.45) is 3.46. The summed E-state index contributed by atoms with van der Waals surface area (Å²) in [6.45, 7) is 4.37. The zero-order chi connectivity index (χ0) is 13.4. The zero-order valence-corrected chi connectivity index (χ0v) is 11.7. The van der Waals surface area contributed by atoms with Crippen LogP contribution in [0.1, 0.15) is 37.8 Å². The van der Waals surface area contributed by atoms with Gasteiger partial charge in [0.25, 0.3) is 0 Å². The van der Waals surface area contributed by atoms with Crippen LogP contribution in [-0.4, -0.2) is 32.1 Å². The van der Waals surface area contributed by atoms with Gasteiger partial charge in [0, 0.05) is 6.04 Å². The fraction of sp³-hybridized carbons (Fsp3) is 0.600. The predicted molar refractivity (Wildman–Crippen MR) is 75.2 cm³/mol. The molecular weight excluding hydrogens is 227 g/mol. The molecular formula is C15H25FN2. The molecule has 1 aromatic rings. The SMILES string of the molecule is CCCCN(C)CCC(NC)c1cccc(F)c1. The normalized spacial score (nSPS) is 12.9. The van der Waals surface area contributed by atoms with Crippen LogP contribution < -0.4 is 5.32 Å². The molecule has 0 fully saturated rings. The van der Waals surface area contributed by atoms with Gasteiger partial charge in [0.05, 0.1) is 0 Å². The Morgan fingerprint density at radius 3 is 2.72 bits per heavy atom. The van der Waals surface area contributed by atoms with Gasteiger partial charge in [0.2, 0.25) is 0 Å². The second kappa shape index (κ2) is 8.22. The molecule has 1 rings (SSSR count). The summed E-state index contributed by atoms with van der Waals surface area (Å²) in [7, 11) is 4.08. The van der Waals surface area contributed by atoms with Crippen LogP contribution in [0.15, 0.2) is 24.3 Å². The fourth-order valence-electron chi connectivity index (χ4n) is 2.09. The summed E-state index contributed by atoms with van der Waals surface area (Å²) in [5.74, 6) is -0.160. The minimum Gasteiger partial charge on any atom is -0.313 e. The molecule has 0 saturated heterocycles. The Kier molecular flexibility index (Phi) is 6.91. The van der Waals surface area contributed by atoms with Crippen LogP contribution in [0.3, 0.4) is 0 Å². The molecule has 3 heteroatoms. The Hall–Kier alpha value is -0.930. The lowest BCUT2D eigenvalue weighted by atomic mass is 10.0. The summed E-state index contributed by atoms with van der Waals surface area (Å²) in [5.41, 5.74) is 1.03. The third kappa shape index (κ3) is 5.15. The smallest absolute Gasteiger partial charge is 0.123 e. The zero-order valence-electron chi connectivity index (χ0n) is 11.7. The molecule has 0 aliphatic carbocycles. The largest absolute Gasteiger partial charge is 0.313 e. The topological polar surface area (TPSA) is 15.3 Å². The van der Waals surface area contributed by atoms with Crippen molar-refractivity contribution in [2.45, 2.75) is 32.2 Å². The van der Waals surface area contributed by atoms with Crippen LogP contribution in [0.25, 0.3) is 0 Å². The first-order valence-electron chi connectivity index (χ1n) is 6.78. The highest BCUT2D eigenvalue weighted by atomic mass is 19.1. The van der Waals surface area contributed by atoms with Gasteiger partial charge < -0.3 is 10.2 Å². The first-order valence-corrected chi connectivity index (χ1v) is 6.78. The maximum absolute atomic E-state index is 13.2. The minimum atomic E-state index is -0.160. The molecule has 0 radical (unpaired) electrons. The van der Waals surface area contributed by atoms with Crippen LogP contribution >= 0.6 is 0 Å². The molecule has 0 spiro atoms. The van der Waals surface area contributed by atoms with E-state index in [0.717, 1.165) is 25.1 Å². The highest BCUT2D eigenvalue weighted by molar-refractivity contribution is 5.20. The summed E-state index contributed by atoms with van der Waals surface area (Å²) in [6, 6.07) is 7.09. The van der Waals surface area contributed by atoms with Crippen LogP contribution in [-0.2, 0) is 0 Å². The molecule has 0 amide bonds. The summed E-state index contributed by atoms with van der Waals surface area (Å²) >= 11 is 0. The molecule has 1 N–H and O–H groups in total. The number of rotatable bonds is 8. The highest BCUT2D eigenvalue weighted by Crippen LogP contribution is 2.17. The van der Waals surface area contributed by atoms with Crippen molar-refractivity contribution >= 4 is 0 Å². The van der Waals surface area contributed by atoms with Gasteiger partial charge in [-0.3, -0.25) is 0 Å². The number of hydrogen-bond donors (Lipinski definition) is 1. The number of halogens is 1. The Morgan fingerprint density at radius 1 is 1.33 bits per heavy atom. The quantitative estimate of drug-likeness (QED) is 0.764. The van der Waals surface area contributed by atoms with E-state index in [1.807, 2.05) is 13.1 Å². The van der Waals surface area contributed by atoms with E-state index in [0.29, 0.717) is 0 Å². The fourth-order valence-corrected chi connectivity index (χ4v) is 2.09. The summed E-state index contributed by atoms with van der Waals surface area (Å²) in [4.78, 5) is 2.34. The van der Waals surface area contributed by atoms with Gasteiger partial charge in [-0.25, -0.2) is 4.39 Å². The van der Waals surface area contributed by atoms with Crippen molar-refractivity contribution in [3.05, 3.63) is 35.6 Å². The van der Waals surface area contributed by atoms with Crippen molar-refractivity contribution in [3.8, 4) is 0 Å². The van der Waals surface area contributed by atoms with E-state index in [9.17, 15) is 4.39 Å².